The first-order valence-corrected chi connectivity index (χ1v) is 17.3. The van der Waals surface area contributed by atoms with Gasteiger partial charge in [0.25, 0.3) is 0 Å². The molecular weight excluding hydrogens is 646 g/mol. The summed E-state index contributed by atoms with van der Waals surface area (Å²) in [6, 6.07) is 59.5. The van der Waals surface area contributed by atoms with Gasteiger partial charge in [-0.15, -0.1) is 0 Å². The van der Waals surface area contributed by atoms with Gasteiger partial charge in [0.05, 0.1) is 22.1 Å². The molecule has 240 valence electrons. The van der Waals surface area contributed by atoms with Gasteiger partial charge in [-0.25, -0.2) is 0 Å². The van der Waals surface area contributed by atoms with Gasteiger partial charge >= 0.3 is 0 Å². The van der Waals surface area contributed by atoms with E-state index < -0.39 is 0 Å². The van der Waals surface area contributed by atoms with Crippen LogP contribution < -0.4 is 0 Å². The van der Waals surface area contributed by atoms with E-state index in [9.17, 15) is 0 Å². The molecule has 0 fully saturated rings. The van der Waals surface area contributed by atoms with E-state index >= 15 is 0 Å². The smallest absolute Gasteiger partial charge is 0.240 e. The van der Waals surface area contributed by atoms with Gasteiger partial charge in [0, 0.05) is 21.5 Å². The van der Waals surface area contributed by atoms with Gasteiger partial charge in [0.15, 0.2) is 0 Å². The van der Waals surface area contributed by atoms with Gasteiger partial charge < -0.3 is 0 Å². The number of halogens is 1. The van der Waals surface area contributed by atoms with Crippen LogP contribution in [0.2, 0.25) is 5.28 Å². The minimum atomic E-state index is 0.109. The Labute approximate surface area is 298 Å². The molecule has 7 aromatic carbocycles. The molecule has 0 saturated carbocycles. The van der Waals surface area contributed by atoms with E-state index in [1.165, 1.54) is 0 Å². The summed E-state index contributed by atoms with van der Waals surface area (Å²) in [7, 11) is 0. The molecule has 10 aromatic rings. The number of hydrogen-bond donors (Lipinski definition) is 0. The van der Waals surface area contributed by atoms with Crippen LogP contribution in [0, 0.1) is 0 Å². The van der Waals surface area contributed by atoms with E-state index in [2.05, 4.69) is 161 Å². The average Bonchev–Trinajstić information content (AvgIpc) is 3.54. The monoisotopic (exact) mass is 673 g/mol. The number of hydrogen-bond acceptors (Lipinski definition) is 3. The Morgan fingerprint density at radius 2 is 0.686 bits per heavy atom. The van der Waals surface area contributed by atoms with Crippen molar-refractivity contribution in [3.63, 3.8) is 0 Å². The van der Waals surface area contributed by atoms with Crippen molar-refractivity contribution >= 4 is 76.8 Å². The van der Waals surface area contributed by atoms with Crippen LogP contribution in [-0.4, -0.2) is 24.1 Å². The van der Waals surface area contributed by atoms with E-state index in [1.807, 2.05) is 18.2 Å². The molecule has 0 aliphatic heterocycles. The number of benzene rings is 7. The fourth-order valence-corrected chi connectivity index (χ4v) is 7.72. The largest absolute Gasteiger partial charge is 0.278 e. The lowest BCUT2D eigenvalue weighted by molar-refractivity contribution is 0.885. The van der Waals surface area contributed by atoms with Crippen molar-refractivity contribution in [1.29, 1.82) is 0 Å². The maximum atomic E-state index is 6.91. The first-order valence-electron chi connectivity index (χ1n) is 16.9. The molecule has 0 radical (unpaired) electrons. The van der Waals surface area contributed by atoms with Gasteiger partial charge in [-0.3, -0.25) is 9.13 Å². The second kappa shape index (κ2) is 11.8. The van der Waals surface area contributed by atoms with Crippen LogP contribution in [0.25, 0.3) is 88.2 Å². The van der Waals surface area contributed by atoms with Crippen LogP contribution in [0.15, 0.2) is 170 Å². The predicted molar refractivity (Wildman–Crippen MR) is 212 cm³/mol. The molecule has 3 aromatic heterocycles. The summed E-state index contributed by atoms with van der Waals surface area (Å²) >= 11 is 6.91. The molecular formula is C45H28ClN5. The highest BCUT2D eigenvalue weighted by Gasteiger charge is 2.18. The van der Waals surface area contributed by atoms with Crippen molar-refractivity contribution in [2.75, 3.05) is 0 Å². The van der Waals surface area contributed by atoms with Crippen LogP contribution in [0.1, 0.15) is 0 Å². The van der Waals surface area contributed by atoms with Crippen molar-refractivity contribution in [1.82, 2.24) is 24.1 Å². The van der Waals surface area contributed by atoms with Gasteiger partial charge in [-0.05, 0) is 74.6 Å². The Morgan fingerprint density at radius 3 is 1.20 bits per heavy atom. The normalized spacial score (nSPS) is 11.6. The molecule has 0 unspecified atom stereocenters. The van der Waals surface area contributed by atoms with Crippen molar-refractivity contribution in [2.45, 2.75) is 0 Å². The molecule has 3 heterocycles. The van der Waals surface area contributed by atoms with E-state index in [0.717, 1.165) is 76.3 Å². The number of fused-ring (bicyclic) bond motifs is 10. The number of nitrogens with zero attached hydrogens (tertiary/aromatic N) is 5. The molecule has 0 aliphatic rings. The van der Waals surface area contributed by atoms with Crippen molar-refractivity contribution in [3.05, 3.63) is 175 Å². The molecule has 0 atom stereocenters. The molecule has 6 heteroatoms. The molecule has 0 N–H and O–H groups in total. The standard InChI is InChI=1S/C45H28ClN5/c46-43-47-44(50-40-24-12-9-21-36(40)37-22-10-13-25-41(37)50)49-45(48-43)51-39-23-11-8-20-35(39)33-18-6-4-16-31(33)32-17-5-7-19-34(32)38-28-30(26-27-42(38)51)29-14-2-1-3-15-29/h1-28H. The quantitative estimate of drug-likeness (QED) is 0.187. The molecule has 51 heavy (non-hydrogen) atoms. The lowest BCUT2D eigenvalue weighted by Crippen LogP contribution is -2.10. The summed E-state index contributed by atoms with van der Waals surface area (Å²) in [5.41, 5.74) is 6.10. The van der Waals surface area contributed by atoms with Crippen molar-refractivity contribution in [2.24, 2.45) is 0 Å². The fraction of sp³-hybridized carbons (Fsp3) is 0. The summed E-state index contributed by atoms with van der Waals surface area (Å²) in [5.74, 6) is 0.868. The van der Waals surface area contributed by atoms with Crippen LogP contribution in [0.3, 0.4) is 0 Å². The lowest BCUT2D eigenvalue weighted by atomic mass is 9.99. The number of rotatable bonds is 3. The maximum Gasteiger partial charge on any atom is 0.240 e. The molecule has 5 nitrogen and oxygen atoms in total. The summed E-state index contributed by atoms with van der Waals surface area (Å²) in [6.45, 7) is 0. The Hall–Kier alpha value is -6.56. The minimum absolute atomic E-state index is 0.109. The number of aromatic nitrogens is 5. The molecule has 10 rings (SSSR count). The Kier molecular flexibility index (Phi) is 6.79. The molecule has 0 saturated heterocycles. The molecule has 0 bridgehead atoms. The Balaban J connectivity index is 1.42. The molecule has 0 aliphatic carbocycles. The van der Waals surface area contributed by atoms with Crippen LogP contribution in [0.5, 0.6) is 0 Å². The second-order valence-corrected chi connectivity index (χ2v) is 13.0. The van der Waals surface area contributed by atoms with E-state index in [0.29, 0.717) is 11.9 Å². The first-order chi connectivity index (χ1) is 25.2. The zero-order valence-electron chi connectivity index (χ0n) is 27.3. The summed E-state index contributed by atoms with van der Waals surface area (Å²) in [6.07, 6.45) is 0. The topological polar surface area (TPSA) is 48.5 Å². The predicted octanol–water partition coefficient (Wildman–Crippen LogP) is 11.8. The Morgan fingerprint density at radius 1 is 0.314 bits per heavy atom. The third-order valence-electron chi connectivity index (χ3n) is 9.78. The van der Waals surface area contributed by atoms with E-state index in [-0.39, 0.29) is 5.28 Å². The van der Waals surface area contributed by atoms with Crippen LogP contribution in [-0.2, 0) is 0 Å². The van der Waals surface area contributed by atoms with Crippen molar-refractivity contribution in [3.8, 4) is 23.0 Å². The zero-order valence-corrected chi connectivity index (χ0v) is 28.0. The third kappa shape index (κ3) is 4.74. The number of para-hydroxylation sites is 3. The second-order valence-electron chi connectivity index (χ2n) is 12.6. The van der Waals surface area contributed by atoms with Gasteiger partial charge in [0.2, 0.25) is 17.2 Å². The highest BCUT2D eigenvalue weighted by Crippen LogP contribution is 2.36. The maximum absolute atomic E-state index is 6.91. The van der Waals surface area contributed by atoms with Gasteiger partial charge in [0.1, 0.15) is 0 Å². The highest BCUT2D eigenvalue weighted by atomic mass is 35.5. The lowest BCUT2D eigenvalue weighted by Gasteiger charge is -2.14. The zero-order chi connectivity index (χ0) is 33.9. The SMILES string of the molecule is Clc1nc(-n2c3ccccc3c3ccccc3c3ccccc3c3cc(-c4ccccc4)ccc32)nc(-n2c3ccccc3c3ccccc32)n1. The van der Waals surface area contributed by atoms with Crippen LogP contribution in [0.4, 0.5) is 0 Å². The summed E-state index contributed by atoms with van der Waals surface area (Å²) < 4.78 is 4.22. The van der Waals surface area contributed by atoms with Gasteiger partial charge in [-0.2, -0.15) is 15.0 Å². The van der Waals surface area contributed by atoms with Crippen LogP contribution >= 0.6 is 11.6 Å². The fourth-order valence-electron chi connectivity index (χ4n) is 7.57. The Bertz CT molecular complexity index is 3000. The van der Waals surface area contributed by atoms with Crippen molar-refractivity contribution < 1.29 is 0 Å². The van der Waals surface area contributed by atoms with E-state index in [4.69, 9.17) is 26.6 Å². The summed E-state index contributed by atoms with van der Waals surface area (Å²) in [5, 5.41) is 8.97. The summed E-state index contributed by atoms with van der Waals surface area (Å²) in [4.78, 5) is 14.9. The average molecular weight is 674 g/mol. The van der Waals surface area contributed by atoms with Gasteiger partial charge in [-0.1, -0.05) is 140 Å². The third-order valence-corrected chi connectivity index (χ3v) is 9.95. The molecule has 0 amide bonds. The first kappa shape index (κ1) is 29.4. The highest BCUT2D eigenvalue weighted by molar-refractivity contribution is 6.28. The minimum Gasteiger partial charge on any atom is -0.278 e. The van der Waals surface area contributed by atoms with E-state index in [1.54, 1.807) is 0 Å². The molecule has 0 spiro atoms.